The van der Waals surface area contributed by atoms with Crippen LogP contribution in [0, 0.1) is 0 Å². The Morgan fingerprint density at radius 3 is 2.95 bits per heavy atom. The normalized spacial score (nSPS) is 21.2. The number of sulfonamides is 1. The quantitative estimate of drug-likeness (QED) is 0.855. The lowest BCUT2D eigenvalue weighted by molar-refractivity contribution is 0.0101. The van der Waals surface area contributed by atoms with Crippen molar-refractivity contribution in [2.24, 2.45) is 0 Å². The van der Waals surface area contributed by atoms with Crippen LogP contribution in [-0.4, -0.2) is 45.1 Å². The highest BCUT2D eigenvalue weighted by Gasteiger charge is 2.32. The monoisotopic (exact) mass is 366 g/mol. The Morgan fingerprint density at radius 2 is 2.30 bits per heavy atom. The summed E-state index contributed by atoms with van der Waals surface area (Å²) in [6, 6.07) is 1.57. The molecule has 0 radical (unpaired) electrons. The highest BCUT2D eigenvalue weighted by Crippen LogP contribution is 2.29. The first-order valence-electron chi connectivity index (χ1n) is 6.55. The molecular formula is C12H19BrN2O4S. The van der Waals surface area contributed by atoms with Crippen molar-refractivity contribution in [1.29, 1.82) is 0 Å². The van der Waals surface area contributed by atoms with E-state index in [4.69, 9.17) is 9.15 Å². The molecule has 0 aliphatic carbocycles. The number of nitrogens with one attached hydrogen (secondary N) is 1. The molecule has 1 aliphatic rings. The van der Waals surface area contributed by atoms with Crippen molar-refractivity contribution in [3.8, 4) is 0 Å². The van der Waals surface area contributed by atoms with Crippen LogP contribution in [0.2, 0.25) is 0 Å². The van der Waals surface area contributed by atoms with Gasteiger partial charge in [-0.2, -0.15) is 4.31 Å². The molecule has 1 fully saturated rings. The van der Waals surface area contributed by atoms with Gasteiger partial charge in [0.15, 0.2) is 4.67 Å². The Labute approximate surface area is 127 Å². The topological polar surface area (TPSA) is 71.8 Å². The van der Waals surface area contributed by atoms with Gasteiger partial charge in [0.25, 0.3) is 0 Å². The van der Waals surface area contributed by atoms with Gasteiger partial charge in [-0.1, -0.05) is 6.92 Å². The van der Waals surface area contributed by atoms with Crippen molar-refractivity contribution in [2.75, 3.05) is 26.2 Å². The Balaban J connectivity index is 2.22. The highest BCUT2D eigenvalue weighted by atomic mass is 79.9. The van der Waals surface area contributed by atoms with E-state index in [1.807, 2.05) is 13.8 Å². The molecule has 1 atom stereocenters. The molecule has 0 saturated carbocycles. The molecular weight excluding hydrogens is 348 g/mol. The molecule has 0 bridgehead atoms. The smallest absolute Gasteiger partial charge is 0.247 e. The average molecular weight is 367 g/mol. The van der Waals surface area contributed by atoms with Crippen LogP contribution < -0.4 is 5.32 Å². The second-order valence-corrected chi connectivity index (χ2v) is 7.30. The van der Waals surface area contributed by atoms with Gasteiger partial charge in [0, 0.05) is 19.2 Å². The number of ether oxygens (including phenoxy) is 1. The minimum absolute atomic E-state index is 0.0922. The van der Waals surface area contributed by atoms with Gasteiger partial charge in [0.2, 0.25) is 10.0 Å². The number of hydrogen-bond donors (Lipinski definition) is 1. The highest BCUT2D eigenvalue weighted by molar-refractivity contribution is 9.10. The molecule has 1 unspecified atom stereocenters. The van der Waals surface area contributed by atoms with E-state index < -0.39 is 10.0 Å². The van der Waals surface area contributed by atoms with Crippen molar-refractivity contribution >= 4 is 26.0 Å². The van der Waals surface area contributed by atoms with Crippen LogP contribution in [-0.2, 0) is 21.3 Å². The fourth-order valence-corrected chi connectivity index (χ4v) is 4.51. The standard InChI is InChI=1S/C12H19BrN2O4S/c1-3-14-7-10-6-11(12(13)19-10)20(16,17)15-4-5-18-9(2)8-15/h6,9,14H,3-5,7-8H2,1-2H3. The molecule has 0 spiro atoms. The molecule has 20 heavy (non-hydrogen) atoms. The Bertz CT molecular complexity index is 558. The van der Waals surface area contributed by atoms with Crippen molar-refractivity contribution in [1.82, 2.24) is 9.62 Å². The number of furan rings is 1. The molecule has 2 heterocycles. The number of halogens is 1. The average Bonchev–Trinajstić information content (AvgIpc) is 2.78. The molecule has 2 rings (SSSR count). The van der Waals surface area contributed by atoms with E-state index in [1.54, 1.807) is 6.07 Å². The van der Waals surface area contributed by atoms with Crippen LogP contribution in [0.15, 0.2) is 20.0 Å². The van der Waals surface area contributed by atoms with E-state index in [2.05, 4.69) is 21.2 Å². The zero-order valence-electron chi connectivity index (χ0n) is 11.6. The van der Waals surface area contributed by atoms with Gasteiger partial charge < -0.3 is 14.5 Å². The zero-order valence-corrected chi connectivity index (χ0v) is 14.0. The minimum atomic E-state index is -3.54. The fraction of sp³-hybridized carbons (Fsp3) is 0.667. The lowest BCUT2D eigenvalue weighted by Gasteiger charge is -2.29. The van der Waals surface area contributed by atoms with Gasteiger partial charge in [-0.25, -0.2) is 8.42 Å². The van der Waals surface area contributed by atoms with Crippen molar-refractivity contribution in [2.45, 2.75) is 31.4 Å². The van der Waals surface area contributed by atoms with Gasteiger partial charge in [-0.3, -0.25) is 0 Å². The largest absolute Gasteiger partial charge is 0.452 e. The second-order valence-electron chi connectivity index (χ2n) is 4.68. The predicted octanol–water partition coefficient (Wildman–Crippen LogP) is 1.56. The summed E-state index contributed by atoms with van der Waals surface area (Å²) in [6.07, 6.45) is -0.0922. The molecule has 1 N–H and O–H groups in total. The van der Waals surface area contributed by atoms with Gasteiger partial charge in [0.05, 0.1) is 19.3 Å². The maximum atomic E-state index is 12.6. The number of morpholine rings is 1. The zero-order chi connectivity index (χ0) is 14.8. The first-order chi connectivity index (χ1) is 9.45. The Hall–Kier alpha value is -0.410. The third-order valence-corrected chi connectivity index (χ3v) is 5.80. The molecule has 1 aromatic heterocycles. The predicted molar refractivity (Wildman–Crippen MR) is 78.0 cm³/mol. The third kappa shape index (κ3) is 3.43. The van der Waals surface area contributed by atoms with E-state index in [1.165, 1.54) is 4.31 Å². The van der Waals surface area contributed by atoms with E-state index in [0.29, 0.717) is 32.0 Å². The van der Waals surface area contributed by atoms with Crippen molar-refractivity contribution < 1.29 is 17.6 Å². The molecule has 1 saturated heterocycles. The molecule has 0 amide bonds. The second kappa shape index (κ2) is 6.57. The number of rotatable bonds is 5. The lowest BCUT2D eigenvalue weighted by Crippen LogP contribution is -2.44. The van der Waals surface area contributed by atoms with Crippen LogP contribution in [0.3, 0.4) is 0 Å². The summed E-state index contributed by atoms with van der Waals surface area (Å²) in [5, 5.41) is 3.10. The minimum Gasteiger partial charge on any atom is -0.452 e. The van der Waals surface area contributed by atoms with E-state index >= 15 is 0 Å². The van der Waals surface area contributed by atoms with Crippen molar-refractivity contribution in [3.05, 3.63) is 16.5 Å². The van der Waals surface area contributed by atoms with Crippen LogP contribution in [0.5, 0.6) is 0 Å². The fourth-order valence-electron chi connectivity index (χ4n) is 2.05. The number of hydrogen-bond acceptors (Lipinski definition) is 5. The SMILES string of the molecule is CCNCc1cc(S(=O)(=O)N2CCOC(C)C2)c(Br)o1. The van der Waals surface area contributed by atoms with Crippen LogP contribution in [0.4, 0.5) is 0 Å². The van der Waals surface area contributed by atoms with E-state index in [0.717, 1.165) is 6.54 Å². The molecule has 8 heteroatoms. The van der Waals surface area contributed by atoms with Crippen molar-refractivity contribution in [3.63, 3.8) is 0 Å². The number of nitrogens with zero attached hydrogens (tertiary/aromatic N) is 1. The van der Waals surface area contributed by atoms with Gasteiger partial charge in [0.1, 0.15) is 10.7 Å². The molecule has 6 nitrogen and oxygen atoms in total. The van der Waals surface area contributed by atoms with Gasteiger partial charge in [-0.15, -0.1) is 0 Å². The lowest BCUT2D eigenvalue weighted by atomic mass is 10.3. The van der Waals surface area contributed by atoms with Gasteiger partial charge in [-0.05, 0) is 29.4 Å². The summed E-state index contributed by atoms with van der Waals surface area (Å²) in [4.78, 5) is 0.180. The summed E-state index contributed by atoms with van der Waals surface area (Å²) in [7, 11) is -3.54. The summed E-state index contributed by atoms with van der Waals surface area (Å²) in [6.45, 7) is 6.29. The molecule has 1 aliphatic heterocycles. The summed E-state index contributed by atoms with van der Waals surface area (Å²) >= 11 is 3.20. The first kappa shape index (κ1) is 16.0. The van der Waals surface area contributed by atoms with E-state index in [9.17, 15) is 8.42 Å². The van der Waals surface area contributed by atoms with Crippen LogP contribution in [0.1, 0.15) is 19.6 Å². The first-order valence-corrected chi connectivity index (χ1v) is 8.79. The molecule has 0 aromatic carbocycles. The Kier molecular flexibility index (Phi) is 5.25. The van der Waals surface area contributed by atoms with E-state index in [-0.39, 0.29) is 15.7 Å². The van der Waals surface area contributed by atoms with Crippen LogP contribution >= 0.6 is 15.9 Å². The molecule has 1 aromatic rings. The van der Waals surface area contributed by atoms with Gasteiger partial charge >= 0.3 is 0 Å². The van der Waals surface area contributed by atoms with Crippen LogP contribution in [0.25, 0.3) is 0 Å². The Morgan fingerprint density at radius 1 is 1.55 bits per heavy atom. The summed E-state index contributed by atoms with van der Waals surface area (Å²) in [5.74, 6) is 0.596. The maximum Gasteiger partial charge on any atom is 0.247 e. The summed E-state index contributed by atoms with van der Waals surface area (Å²) in [5.41, 5.74) is 0. The molecule has 114 valence electrons. The maximum absolute atomic E-state index is 12.6. The summed E-state index contributed by atoms with van der Waals surface area (Å²) < 4.78 is 37.7. The third-order valence-electron chi connectivity index (χ3n) is 3.08.